The van der Waals surface area contributed by atoms with Gasteiger partial charge in [-0.1, -0.05) is 11.6 Å². The number of aromatic nitrogens is 4. The molecule has 2 aromatic heterocycles. The molecule has 0 atom stereocenters. The summed E-state index contributed by atoms with van der Waals surface area (Å²) in [4.78, 5) is 11.2. The Balaban J connectivity index is 1.50. The first-order valence-corrected chi connectivity index (χ1v) is 10.9. The maximum absolute atomic E-state index is 9.55. The van der Waals surface area contributed by atoms with E-state index in [1.807, 2.05) is 6.07 Å². The van der Waals surface area contributed by atoms with Crippen molar-refractivity contribution < 1.29 is 0 Å². The molecular formula is C21H21ClN10. The van der Waals surface area contributed by atoms with Crippen LogP contribution in [0.25, 0.3) is 5.65 Å². The zero-order valence-electron chi connectivity index (χ0n) is 17.3. The maximum Gasteiger partial charge on any atom is 0.247 e. The fourth-order valence-corrected chi connectivity index (χ4v) is 3.93. The van der Waals surface area contributed by atoms with Crippen LogP contribution in [0.3, 0.4) is 0 Å². The molecule has 0 amide bonds. The van der Waals surface area contributed by atoms with Crippen molar-refractivity contribution in [2.75, 3.05) is 36.8 Å². The second-order valence-electron chi connectivity index (χ2n) is 7.95. The molecule has 1 aromatic carbocycles. The second-order valence-corrected chi connectivity index (χ2v) is 8.33. The van der Waals surface area contributed by atoms with Gasteiger partial charge in [0.25, 0.3) is 0 Å². The minimum Gasteiger partial charge on any atom is -0.364 e. The van der Waals surface area contributed by atoms with Crippen LogP contribution in [0.2, 0.25) is 5.02 Å². The molecule has 0 bridgehead atoms. The van der Waals surface area contributed by atoms with Crippen LogP contribution >= 0.6 is 11.6 Å². The van der Waals surface area contributed by atoms with Crippen LogP contribution in [0, 0.1) is 22.7 Å². The topological polar surface area (TPSA) is 130 Å². The summed E-state index contributed by atoms with van der Waals surface area (Å²) >= 11 is 6.74. The highest BCUT2D eigenvalue weighted by molar-refractivity contribution is 6.34. The number of nitrogens with one attached hydrogen (secondary N) is 3. The van der Waals surface area contributed by atoms with Crippen molar-refractivity contribution in [2.24, 2.45) is 0 Å². The Morgan fingerprint density at radius 2 is 2.00 bits per heavy atom. The van der Waals surface area contributed by atoms with Gasteiger partial charge in [-0.05, 0) is 30.5 Å². The van der Waals surface area contributed by atoms with Gasteiger partial charge in [0.1, 0.15) is 6.07 Å². The molecule has 1 saturated carbocycles. The molecule has 0 unspecified atom stereocenters. The SMILES string of the molecule is N#Cc1cc(CN2CCNCC2)c(Cl)c(Nc2nc(NC3CC3)c3ncc(C#N)n3n2)c1. The Bertz CT molecular complexity index is 1240. The molecule has 2 fully saturated rings. The molecule has 0 radical (unpaired) electrons. The average Bonchev–Trinajstić information content (AvgIpc) is 3.53. The first kappa shape index (κ1) is 20.5. The van der Waals surface area contributed by atoms with E-state index in [0.29, 0.717) is 46.0 Å². The van der Waals surface area contributed by atoms with Crippen LogP contribution in [0.1, 0.15) is 29.7 Å². The van der Waals surface area contributed by atoms with E-state index in [2.05, 4.69) is 48.1 Å². The standard InChI is InChI=1S/C21H21ClN10/c22-18-14(12-31-5-3-25-4-6-31)7-13(9-23)8-17(18)28-21-29-19(27-15-1-2-15)20-26-11-16(10-24)32(20)30-21/h7-8,11,15,25H,1-6,12H2,(H2,27,28,29,30). The minimum atomic E-state index is 0.264. The number of nitriles is 2. The Morgan fingerprint density at radius 1 is 1.19 bits per heavy atom. The summed E-state index contributed by atoms with van der Waals surface area (Å²) in [6, 6.07) is 8.16. The van der Waals surface area contributed by atoms with E-state index in [-0.39, 0.29) is 5.95 Å². The number of anilines is 3. The van der Waals surface area contributed by atoms with Crippen molar-refractivity contribution in [3.63, 3.8) is 0 Å². The lowest BCUT2D eigenvalue weighted by Gasteiger charge is -2.27. The van der Waals surface area contributed by atoms with E-state index in [0.717, 1.165) is 44.6 Å². The van der Waals surface area contributed by atoms with E-state index < -0.39 is 0 Å². The van der Waals surface area contributed by atoms with E-state index in [9.17, 15) is 10.5 Å². The summed E-state index contributed by atoms with van der Waals surface area (Å²) in [5.41, 5.74) is 2.72. The molecule has 3 N–H and O–H groups in total. The maximum atomic E-state index is 9.55. The number of piperazine rings is 1. The van der Waals surface area contributed by atoms with Crippen molar-refractivity contribution in [1.82, 2.24) is 29.8 Å². The lowest BCUT2D eigenvalue weighted by atomic mass is 10.1. The third-order valence-electron chi connectivity index (χ3n) is 5.52. The summed E-state index contributed by atoms with van der Waals surface area (Å²) in [5.74, 6) is 0.820. The van der Waals surface area contributed by atoms with Crippen LogP contribution in [0.15, 0.2) is 18.3 Å². The molecule has 32 heavy (non-hydrogen) atoms. The molecule has 0 spiro atoms. The Labute approximate surface area is 189 Å². The van der Waals surface area contributed by atoms with E-state index in [4.69, 9.17) is 11.6 Å². The van der Waals surface area contributed by atoms with Crippen LogP contribution in [-0.4, -0.2) is 56.7 Å². The molecule has 3 aromatic rings. The van der Waals surface area contributed by atoms with Crippen molar-refractivity contribution in [3.8, 4) is 12.1 Å². The molecule has 1 saturated heterocycles. The van der Waals surface area contributed by atoms with Crippen molar-refractivity contribution in [2.45, 2.75) is 25.4 Å². The van der Waals surface area contributed by atoms with Gasteiger partial charge >= 0.3 is 0 Å². The fourth-order valence-electron chi connectivity index (χ4n) is 3.71. The second kappa shape index (κ2) is 8.60. The van der Waals surface area contributed by atoms with Crippen molar-refractivity contribution in [3.05, 3.63) is 40.2 Å². The molecule has 162 valence electrons. The van der Waals surface area contributed by atoms with Crippen molar-refractivity contribution in [1.29, 1.82) is 10.5 Å². The number of fused-ring (bicyclic) bond motifs is 1. The van der Waals surface area contributed by atoms with E-state index in [1.165, 1.54) is 10.7 Å². The first-order chi connectivity index (χ1) is 15.6. The molecule has 1 aliphatic heterocycles. The van der Waals surface area contributed by atoms with Crippen LogP contribution < -0.4 is 16.0 Å². The van der Waals surface area contributed by atoms with E-state index in [1.54, 1.807) is 6.07 Å². The number of benzene rings is 1. The van der Waals surface area contributed by atoms with Gasteiger partial charge in [0.05, 0.1) is 28.5 Å². The molecule has 11 heteroatoms. The highest BCUT2D eigenvalue weighted by Gasteiger charge is 2.24. The summed E-state index contributed by atoms with van der Waals surface area (Å²) in [5, 5.41) is 33.8. The normalized spacial score (nSPS) is 16.5. The predicted molar refractivity (Wildman–Crippen MR) is 120 cm³/mol. The highest BCUT2D eigenvalue weighted by atomic mass is 35.5. The molecule has 1 aliphatic carbocycles. The fraction of sp³-hybridized carbons (Fsp3) is 0.381. The average molecular weight is 449 g/mol. The lowest BCUT2D eigenvalue weighted by molar-refractivity contribution is 0.233. The summed E-state index contributed by atoms with van der Waals surface area (Å²) in [6.45, 7) is 4.35. The third kappa shape index (κ3) is 4.16. The highest BCUT2D eigenvalue weighted by Crippen LogP contribution is 2.32. The number of imidazole rings is 1. The summed E-state index contributed by atoms with van der Waals surface area (Å²) in [6.07, 6.45) is 3.60. The van der Waals surface area contributed by atoms with Gasteiger partial charge < -0.3 is 16.0 Å². The first-order valence-electron chi connectivity index (χ1n) is 10.5. The predicted octanol–water partition coefficient (Wildman–Crippen LogP) is 2.24. The number of halogens is 1. The Kier molecular flexibility index (Phi) is 5.50. The van der Waals surface area contributed by atoms with Gasteiger partial charge in [-0.25, -0.2) is 4.98 Å². The van der Waals surface area contributed by atoms with Crippen LogP contribution in [-0.2, 0) is 6.54 Å². The number of hydrogen-bond donors (Lipinski definition) is 3. The van der Waals surface area contributed by atoms with Gasteiger partial charge in [-0.3, -0.25) is 4.90 Å². The molecule has 10 nitrogen and oxygen atoms in total. The largest absolute Gasteiger partial charge is 0.364 e. The minimum absolute atomic E-state index is 0.264. The van der Waals surface area contributed by atoms with E-state index >= 15 is 0 Å². The molecule has 3 heterocycles. The molecular weight excluding hydrogens is 428 g/mol. The van der Waals surface area contributed by atoms with Crippen LogP contribution in [0.5, 0.6) is 0 Å². The zero-order chi connectivity index (χ0) is 22.1. The number of nitrogens with zero attached hydrogens (tertiary/aromatic N) is 7. The Hall–Kier alpha value is -3.44. The number of rotatable bonds is 6. The van der Waals surface area contributed by atoms with Crippen LogP contribution in [0.4, 0.5) is 17.5 Å². The van der Waals surface area contributed by atoms with Gasteiger partial charge in [-0.2, -0.15) is 20.0 Å². The summed E-state index contributed by atoms with van der Waals surface area (Å²) < 4.78 is 1.46. The number of hydrogen-bond acceptors (Lipinski definition) is 9. The lowest BCUT2D eigenvalue weighted by Crippen LogP contribution is -2.42. The smallest absolute Gasteiger partial charge is 0.247 e. The third-order valence-corrected chi connectivity index (χ3v) is 5.97. The quantitative estimate of drug-likeness (QED) is 0.519. The monoisotopic (exact) mass is 448 g/mol. The Morgan fingerprint density at radius 3 is 2.72 bits per heavy atom. The van der Waals surface area contributed by atoms with Gasteiger partial charge in [0.2, 0.25) is 5.95 Å². The van der Waals surface area contributed by atoms with Gasteiger partial charge in [0, 0.05) is 38.8 Å². The van der Waals surface area contributed by atoms with Crippen molar-refractivity contribution >= 4 is 34.7 Å². The molecule has 2 aliphatic rings. The van der Waals surface area contributed by atoms with Gasteiger partial charge in [0.15, 0.2) is 17.2 Å². The zero-order valence-corrected chi connectivity index (χ0v) is 18.0. The molecule has 5 rings (SSSR count). The van der Waals surface area contributed by atoms with Gasteiger partial charge in [-0.15, -0.1) is 5.10 Å². The summed E-state index contributed by atoms with van der Waals surface area (Å²) in [7, 11) is 0.